The third-order valence-electron chi connectivity index (χ3n) is 4.21. The van der Waals surface area contributed by atoms with Crippen molar-refractivity contribution in [3.05, 3.63) is 35.4 Å². The minimum Gasteiger partial charge on any atom is -0.263 e. The van der Waals surface area contributed by atoms with E-state index in [0.29, 0.717) is 12.3 Å². The molecule has 0 spiro atoms. The maximum atomic E-state index is 12.2. The van der Waals surface area contributed by atoms with Gasteiger partial charge in [-0.1, -0.05) is 43.5 Å². The van der Waals surface area contributed by atoms with Crippen LogP contribution in [0.3, 0.4) is 0 Å². The van der Waals surface area contributed by atoms with E-state index < -0.39 is 22.2 Å². The van der Waals surface area contributed by atoms with Crippen molar-refractivity contribution in [2.45, 2.75) is 56.4 Å². The Balaban J connectivity index is 1.91. The number of alkyl halides is 3. The molecular weight excluding hydrogens is 329 g/mol. The predicted molar refractivity (Wildman–Crippen MR) is 81.5 cm³/mol. The lowest BCUT2D eigenvalue weighted by molar-refractivity contribution is -0.0542. The largest absolute Gasteiger partial charge is 0.523 e. The Morgan fingerprint density at radius 3 is 2.39 bits per heavy atom. The topological polar surface area (TPSA) is 43.4 Å². The van der Waals surface area contributed by atoms with Crippen LogP contribution < -0.4 is 0 Å². The second kappa shape index (κ2) is 7.66. The van der Waals surface area contributed by atoms with Crippen molar-refractivity contribution in [2.75, 3.05) is 6.61 Å². The summed E-state index contributed by atoms with van der Waals surface area (Å²) >= 11 is 0. The van der Waals surface area contributed by atoms with Crippen molar-refractivity contribution in [2.24, 2.45) is 0 Å². The van der Waals surface area contributed by atoms with Crippen LogP contribution in [0.2, 0.25) is 0 Å². The van der Waals surface area contributed by atoms with Crippen molar-refractivity contribution in [1.82, 2.24) is 0 Å². The van der Waals surface area contributed by atoms with Gasteiger partial charge < -0.3 is 0 Å². The second-order valence-electron chi connectivity index (χ2n) is 5.86. The monoisotopic (exact) mass is 350 g/mol. The Hall–Kier alpha value is -1.08. The summed E-state index contributed by atoms with van der Waals surface area (Å²) in [5.74, 6) is 0.500. The van der Waals surface area contributed by atoms with E-state index in [1.54, 1.807) is 0 Å². The first-order valence-electron chi connectivity index (χ1n) is 7.85. The molecule has 0 aliphatic heterocycles. The molecule has 0 aromatic heterocycles. The van der Waals surface area contributed by atoms with Gasteiger partial charge in [-0.05, 0) is 42.7 Å². The first-order valence-corrected chi connectivity index (χ1v) is 9.25. The first-order chi connectivity index (χ1) is 10.8. The van der Waals surface area contributed by atoms with E-state index in [1.807, 2.05) is 18.2 Å². The van der Waals surface area contributed by atoms with Crippen molar-refractivity contribution in [3.63, 3.8) is 0 Å². The molecule has 3 nitrogen and oxygen atoms in total. The van der Waals surface area contributed by atoms with Crippen LogP contribution in [0.5, 0.6) is 0 Å². The summed E-state index contributed by atoms with van der Waals surface area (Å²) in [7, 11) is -5.48. The highest BCUT2D eigenvalue weighted by Gasteiger charge is 2.47. The molecule has 0 amide bonds. The molecule has 23 heavy (non-hydrogen) atoms. The van der Waals surface area contributed by atoms with Crippen LogP contribution in [0.1, 0.15) is 55.6 Å². The normalized spacial score (nSPS) is 17.3. The number of aryl methyl sites for hydroxylation is 1. The fourth-order valence-electron chi connectivity index (χ4n) is 3.07. The zero-order chi connectivity index (χ0) is 16.9. The molecule has 0 heterocycles. The van der Waals surface area contributed by atoms with Gasteiger partial charge in [0, 0.05) is 0 Å². The molecule has 1 aromatic rings. The van der Waals surface area contributed by atoms with Gasteiger partial charge in [0.25, 0.3) is 0 Å². The van der Waals surface area contributed by atoms with E-state index in [9.17, 15) is 21.6 Å². The molecule has 1 aliphatic rings. The van der Waals surface area contributed by atoms with E-state index in [4.69, 9.17) is 0 Å². The minimum absolute atomic E-state index is 0.235. The molecule has 7 heteroatoms. The van der Waals surface area contributed by atoms with Gasteiger partial charge in [0.1, 0.15) is 0 Å². The summed E-state index contributed by atoms with van der Waals surface area (Å²) in [6.45, 7) is -0.457. The molecule has 0 radical (unpaired) electrons. The highest BCUT2D eigenvalue weighted by Crippen LogP contribution is 2.34. The van der Waals surface area contributed by atoms with Crippen molar-refractivity contribution < 1.29 is 25.8 Å². The first kappa shape index (κ1) is 18.3. The van der Waals surface area contributed by atoms with Gasteiger partial charge in [-0.25, -0.2) is 0 Å². The molecule has 1 saturated carbocycles. The van der Waals surface area contributed by atoms with Crippen LogP contribution in [0.15, 0.2) is 24.3 Å². The van der Waals surface area contributed by atoms with Crippen LogP contribution in [-0.4, -0.2) is 20.5 Å². The van der Waals surface area contributed by atoms with Crippen molar-refractivity contribution >= 4 is 10.1 Å². The van der Waals surface area contributed by atoms with Crippen LogP contribution >= 0.6 is 0 Å². The van der Waals surface area contributed by atoms with E-state index in [2.05, 4.69) is 10.2 Å². The molecule has 0 bridgehead atoms. The summed E-state index contributed by atoms with van der Waals surface area (Å²) < 4.78 is 62.2. The molecule has 130 valence electrons. The van der Waals surface area contributed by atoms with E-state index >= 15 is 0 Å². The van der Waals surface area contributed by atoms with Gasteiger partial charge in [0.05, 0.1) is 6.61 Å². The summed E-state index contributed by atoms with van der Waals surface area (Å²) in [4.78, 5) is 0. The molecule has 0 atom stereocenters. The van der Waals surface area contributed by atoms with E-state index in [-0.39, 0.29) is 6.42 Å². The molecule has 0 unspecified atom stereocenters. The minimum atomic E-state index is -5.48. The molecular formula is C16H21F3O3S. The van der Waals surface area contributed by atoms with Crippen LogP contribution in [0, 0.1) is 0 Å². The van der Waals surface area contributed by atoms with Crippen LogP contribution in [0.25, 0.3) is 0 Å². The zero-order valence-corrected chi connectivity index (χ0v) is 13.6. The van der Waals surface area contributed by atoms with Crippen LogP contribution in [0.4, 0.5) is 13.2 Å². The summed E-state index contributed by atoms with van der Waals surface area (Å²) in [6, 6.07) is 7.90. The molecule has 1 aromatic carbocycles. The second-order valence-corrected chi connectivity index (χ2v) is 7.47. The fourth-order valence-corrected chi connectivity index (χ4v) is 3.54. The number of hydrogen-bond donors (Lipinski definition) is 0. The predicted octanol–water partition coefficient (Wildman–Crippen LogP) is 4.53. The lowest BCUT2D eigenvalue weighted by Crippen LogP contribution is -2.26. The van der Waals surface area contributed by atoms with Gasteiger partial charge in [-0.3, -0.25) is 4.18 Å². The molecule has 2 rings (SSSR count). The maximum Gasteiger partial charge on any atom is 0.523 e. The zero-order valence-electron chi connectivity index (χ0n) is 12.8. The SMILES string of the molecule is O=S(=O)(OCCCc1ccccc1C1CCCCC1)C(F)(F)F. The Morgan fingerprint density at radius 1 is 1.09 bits per heavy atom. The Bertz CT molecular complexity index is 605. The molecule has 1 aliphatic carbocycles. The third-order valence-corrected chi connectivity index (χ3v) is 5.26. The summed E-state index contributed by atoms with van der Waals surface area (Å²) in [6.07, 6.45) is 6.67. The lowest BCUT2D eigenvalue weighted by atomic mass is 9.81. The molecule has 1 fully saturated rings. The maximum absolute atomic E-state index is 12.2. The van der Waals surface area contributed by atoms with Crippen molar-refractivity contribution in [1.29, 1.82) is 0 Å². The lowest BCUT2D eigenvalue weighted by Gasteiger charge is -2.24. The Morgan fingerprint density at radius 2 is 1.74 bits per heavy atom. The van der Waals surface area contributed by atoms with Gasteiger partial charge in [0.15, 0.2) is 0 Å². The number of hydrogen-bond acceptors (Lipinski definition) is 3. The summed E-state index contributed by atoms with van der Waals surface area (Å²) in [5.41, 5.74) is -3.04. The van der Waals surface area contributed by atoms with Gasteiger partial charge >= 0.3 is 15.6 Å². The smallest absolute Gasteiger partial charge is 0.263 e. The van der Waals surface area contributed by atoms with Gasteiger partial charge in [0.2, 0.25) is 0 Å². The molecule has 0 N–H and O–H groups in total. The van der Waals surface area contributed by atoms with Crippen LogP contribution in [-0.2, 0) is 20.7 Å². The highest BCUT2D eigenvalue weighted by molar-refractivity contribution is 7.87. The average Bonchev–Trinajstić information content (AvgIpc) is 2.52. The van der Waals surface area contributed by atoms with Gasteiger partial charge in [-0.15, -0.1) is 0 Å². The number of rotatable bonds is 6. The van der Waals surface area contributed by atoms with Gasteiger partial charge in [-0.2, -0.15) is 21.6 Å². The summed E-state index contributed by atoms with van der Waals surface area (Å²) in [5, 5.41) is 0. The average molecular weight is 350 g/mol. The highest BCUT2D eigenvalue weighted by atomic mass is 32.2. The third kappa shape index (κ3) is 4.94. The van der Waals surface area contributed by atoms with E-state index in [0.717, 1.165) is 18.4 Å². The standard InChI is InChI=1S/C16H21F3O3S/c17-16(18,19)23(20,21)22-12-6-10-14-9-4-5-11-15(14)13-7-2-1-3-8-13/h4-5,9,11,13H,1-3,6-8,10,12H2. The number of halogens is 3. The van der Waals surface area contributed by atoms with E-state index in [1.165, 1.54) is 24.8 Å². The quantitative estimate of drug-likeness (QED) is 0.430. The Labute approximate surface area is 135 Å². The van der Waals surface area contributed by atoms with Crippen molar-refractivity contribution in [3.8, 4) is 0 Å². The fraction of sp³-hybridized carbons (Fsp3) is 0.625. The Kier molecular flexibility index (Phi) is 6.08. The molecule has 0 saturated heterocycles. The number of benzene rings is 1.